The van der Waals surface area contributed by atoms with Crippen molar-refractivity contribution < 1.29 is 27.2 Å². The molecule has 0 fully saturated rings. The number of nitrogens with zero attached hydrogens (tertiary/aromatic N) is 2. The first-order valence-corrected chi connectivity index (χ1v) is 10.2. The monoisotopic (exact) mass is 398 g/mol. The van der Waals surface area contributed by atoms with Gasteiger partial charge in [-0.2, -0.15) is 4.31 Å². The molecule has 1 amide bonds. The molecule has 2 rings (SSSR count). The SMILES string of the molecule is CC(=O)OC1c2ccccc2S(=O)(=O)N(C)C1C(=O)NCCC[N+](C)(C)C. The van der Waals surface area contributed by atoms with Crippen molar-refractivity contribution in [1.82, 2.24) is 9.62 Å². The van der Waals surface area contributed by atoms with Gasteiger partial charge in [-0.15, -0.1) is 0 Å². The number of quaternary nitrogens is 1. The lowest BCUT2D eigenvalue weighted by molar-refractivity contribution is -0.870. The largest absolute Gasteiger partial charge is 0.455 e. The summed E-state index contributed by atoms with van der Waals surface area (Å²) in [6, 6.07) is 5.13. The molecule has 0 saturated carbocycles. The molecule has 1 aliphatic heterocycles. The molecule has 1 aliphatic rings. The van der Waals surface area contributed by atoms with Crippen LogP contribution < -0.4 is 5.32 Å². The Kier molecular flexibility index (Phi) is 6.28. The van der Waals surface area contributed by atoms with Crippen LogP contribution in [0, 0.1) is 0 Å². The molecule has 0 saturated heterocycles. The zero-order chi connectivity index (χ0) is 20.4. The molecular formula is C18H28N3O5S+. The number of rotatable bonds is 6. The number of ether oxygens (including phenoxy) is 1. The van der Waals surface area contributed by atoms with Crippen molar-refractivity contribution in [1.29, 1.82) is 0 Å². The van der Waals surface area contributed by atoms with Crippen LogP contribution in [0.2, 0.25) is 0 Å². The lowest BCUT2D eigenvalue weighted by Gasteiger charge is -2.37. The van der Waals surface area contributed by atoms with E-state index in [1.165, 1.54) is 20.0 Å². The van der Waals surface area contributed by atoms with Crippen molar-refractivity contribution >= 4 is 21.9 Å². The second-order valence-electron chi connectivity index (χ2n) is 7.69. The standard InChI is InChI=1S/C18H27N3O5S/c1-13(22)26-17-14-9-6-7-10-15(14)27(24,25)20(2)16(17)18(23)19-11-8-12-21(3,4)5/h6-7,9-10,16-17H,8,11-12H2,1-5H3/p+1. The number of carbonyl (C=O) groups excluding carboxylic acids is 2. The highest BCUT2D eigenvalue weighted by Crippen LogP contribution is 2.38. The number of hydrogen-bond acceptors (Lipinski definition) is 5. The van der Waals surface area contributed by atoms with E-state index in [2.05, 4.69) is 26.5 Å². The van der Waals surface area contributed by atoms with Crippen LogP contribution in [0.1, 0.15) is 25.0 Å². The van der Waals surface area contributed by atoms with Crippen LogP contribution in [0.3, 0.4) is 0 Å². The molecule has 2 atom stereocenters. The molecule has 2 unspecified atom stereocenters. The number of carbonyl (C=O) groups is 2. The fraction of sp³-hybridized carbons (Fsp3) is 0.556. The summed E-state index contributed by atoms with van der Waals surface area (Å²) in [5.74, 6) is -1.06. The zero-order valence-corrected chi connectivity index (χ0v) is 17.2. The molecule has 1 heterocycles. The molecule has 0 aliphatic carbocycles. The molecule has 1 aromatic rings. The quantitative estimate of drug-likeness (QED) is 0.428. The van der Waals surface area contributed by atoms with E-state index >= 15 is 0 Å². The van der Waals surface area contributed by atoms with Crippen molar-refractivity contribution in [3.63, 3.8) is 0 Å². The maximum Gasteiger partial charge on any atom is 0.303 e. The summed E-state index contributed by atoms with van der Waals surface area (Å²) in [5, 5.41) is 2.78. The average Bonchev–Trinajstić information content (AvgIpc) is 2.56. The Morgan fingerprint density at radius 2 is 1.85 bits per heavy atom. The van der Waals surface area contributed by atoms with Gasteiger partial charge in [0.1, 0.15) is 6.04 Å². The Bertz CT molecular complexity index is 817. The first-order chi connectivity index (χ1) is 12.4. The highest BCUT2D eigenvalue weighted by Gasteiger charge is 2.47. The number of sulfonamides is 1. The van der Waals surface area contributed by atoms with Gasteiger partial charge in [-0.05, 0) is 6.07 Å². The maximum absolute atomic E-state index is 12.8. The van der Waals surface area contributed by atoms with Crippen LogP contribution in [0.5, 0.6) is 0 Å². The number of benzene rings is 1. The Hall–Kier alpha value is -1.97. The average molecular weight is 399 g/mol. The number of likely N-dealkylation sites (N-methyl/N-ethyl adjacent to an activating group) is 1. The van der Waals surface area contributed by atoms with E-state index in [0.717, 1.165) is 21.8 Å². The maximum atomic E-state index is 12.8. The van der Waals surface area contributed by atoms with Gasteiger partial charge in [0.15, 0.2) is 6.10 Å². The summed E-state index contributed by atoms with van der Waals surface area (Å²) in [6.07, 6.45) is -0.251. The molecule has 0 aromatic heterocycles. The van der Waals surface area contributed by atoms with Crippen molar-refractivity contribution in [2.24, 2.45) is 0 Å². The molecule has 0 radical (unpaired) electrons. The van der Waals surface area contributed by atoms with Gasteiger partial charge in [0.2, 0.25) is 15.9 Å². The molecule has 0 bridgehead atoms. The molecule has 0 spiro atoms. The predicted molar refractivity (Wildman–Crippen MR) is 100 cm³/mol. The van der Waals surface area contributed by atoms with Gasteiger partial charge in [-0.1, -0.05) is 18.2 Å². The Morgan fingerprint density at radius 3 is 2.44 bits per heavy atom. The third kappa shape index (κ3) is 4.85. The smallest absolute Gasteiger partial charge is 0.303 e. The number of hydrogen-bond donors (Lipinski definition) is 1. The van der Waals surface area contributed by atoms with Gasteiger partial charge in [-0.25, -0.2) is 8.42 Å². The minimum atomic E-state index is -3.86. The lowest BCUT2D eigenvalue weighted by Crippen LogP contribution is -2.54. The highest BCUT2D eigenvalue weighted by atomic mass is 32.2. The first kappa shape index (κ1) is 21.3. The van der Waals surface area contributed by atoms with Gasteiger partial charge in [-0.3, -0.25) is 9.59 Å². The summed E-state index contributed by atoms with van der Waals surface area (Å²) in [6.45, 7) is 2.50. The van der Waals surface area contributed by atoms with Crippen molar-refractivity contribution in [3.05, 3.63) is 29.8 Å². The molecule has 1 aromatic carbocycles. The third-order valence-corrected chi connectivity index (χ3v) is 6.34. The summed E-state index contributed by atoms with van der Waals surface area (Å²) in [5.41, 5.74) is 0.317. The second kappa shape index (κ2) is 7.95. The molecule has 1 N–H and O–H groups in total. The van der Waals surface area contributed by atoms with Crippen molar-refractivity contribution in [2.45, 2.75) is 30.4 Å². The van der Waals surface area contributed by atoms with Crippen molar-refractivity contribution in [2.75, 3.05) is 41.3 Å². The van der Waals surface area contributed by atoms with E-state index in [4.69, 9.17) is 4.74 Å². The molecule has 8 nitrogen and oxygen atoms in total. The molecule has 27 heavy (non-hydrogen) atoms. The van der Waals surface area contributed by atoms with Crippen LogP contribution in [-0.2, 0) is 24.3 Å². The van der Waals surface area contributed by atoms with E-state index in [-0.39, 0.29) is 4.90 Å². The van der Waals surface area contributed by atoms with E-state index < -0.39 is 34.0 Å². The lowest BCUT2D eigenvalue weighted by atomic mass is 10.0. The molecule has 150 valence electrons. The topological polar surface area (TPSA) is 92.8 Å². The number of amides is 1. The first-order valence-electron chi connectivity index (χ1n) is 8.77. The Labute approximate surface area is 160 Å². The van der Waals surface area contributed by atoms with Gasteiger partial charge in [0.25, 0.3) is 0 Å². The highest BCUT2D eigenvalue weighted by molar-refractivity contribution is 7.89. The number of nitrogens with one attached hydrogen (secondary N) is 1. The van der Waals surface area contributed by atoms with Crippen LogP contribution in [0.25, 0.3) is 0 Å². The third-order valence-electron chi connectivity index (χ3n) is 4.43. The summed E-state index contributed by atoms with van der Waals surface area (Å²) in [7, 11) is 3.63. The number of fused-ring (bicyclic) bond motifs is 1. The van der Waals surface area contributed by atoms with Gasteiger partial charge < -0.3 is 14.5 Å². The number of esters is 1. The minimum Gasteiger partial charge on any atom is -0.455 e. The van der Waals surface area contributed by atoms with Gasteiger partial charge in [0.05, 0.1) is 32.6 Å². The Balaban J connectivity index is 2.29. The van der Waals surface area contributed by atoms with Crippen molar-refractivity contribution in [3.8, 4) is 0 Å². The predicted octanol–water partition coefficient (Wildman–Crippen LogP) is 0.506. The van der Waals surface area contributed by atoms with Gasteiger partial charge >= 0.3 is 5.97 Å². The second-order valence-corrected chi connectivity index (χ2v) is 9.66. The van der Waals surface area contributed by atoms with Crippen LogP contribution >= 0.6 is 0 Å². The van der Waals surface area contributed by atoms with E-state index in [1.54, 1.807) is 18.2 Å². The molecule has 9 heteroatoms. The van der Waals surface area contributed by atoms with E-state index in [0.29, 0.717) is 12.1 Å². The van der Waals surface area contributed by atoms with E-state index in [9.17, 15) is 18.0 Å². The Morgan fingerprint density at radius 1 is 1.22 bits per heavy atom. The minimum absolute atomic E-state index is 0.0489. The normalized spacial score (nSPS) is 22.0. The van der Waals surface area contributed by atoms with E-state index in [1.807, 2.05) is 0 Å². The summed E-state index contributed by atoms with van der Waals surface area (Å²) in [4.78, 5) is 24.5. The van der Waals surface area contributed by atoms with Crippen LogP contribution in [-0.4, -0.2) is 76.4 Å². The van der Waals surface area contributed by atoms with Gasteiger partial charge in [0, 0.05) is 32.5 Å². The summed E-state index contributed by atoms with van der Waals surface area (Å²) < 4.78 is 32.7. The van der Waals surface area contributed by atoms with Crippen LogP contribution in [0.15, 0.2) is 29.2 Å². The fourth-order valence-electron chi connectivity index (χ4n) is 3.09. The zero-order valence-electron chi connectivity index (χ0n) is 16.4. The molecular weight excluding hydrogens is 370 g/mol. The fourth-order valence-corrected chi connectivity index (χ4v) is 4.64. The summed E-state index contributed by atoms with van der Waals surface area (Å²) >= 11 is 0. The van der Waals surface area contributed by atoms with Crippen LogP contribution in [0.4, 0.5) is 0 Å².